The molecule has 3 nitrogen and oxygen atoms in total. The van der Waals surface area contributed by atoms with Crippen LogP contribution in [0.5, 0.6) is 0 Å². The molecule has 1 unspecified atom stereocenters. The fourth-order valence-electron chi connectivity index (χ4n) is 1.32. The van der Waals surface area contributed by atoms with Crippen LogP contribution < -0.4 is 0 Å². The molecule has 0 fully saturated rings. The summed E-state index contributed by atoms with van der Waals surface area (Å²) in [6.45, 7) is 13.4. The van der Waals surface area contributed by atoms with Gasteiger partial charge in [0.2, 0.25) is 0 Å². The van der Waals surface area contributed by atoms with Gasteiger partial charge in [0.05, 0.1) is 0 Å². The van der Waals surface area contributed by atoms with Crippen LogP contribution in [0.15, 0.2) is 23.8 Å². The van der Waals surface area contributed by atoms with Crippen molar-refractivity contribution in [1.82, 2.24) is 0 Å². The summed E-state index contributed by atoms with van der Waals surface area (Å²) in [5, 5.41) is 12.0. The Morgan fingerprint density at radius 1 is 1.05 bits per heavy atom. The first-order valence-corrected chi connectivity index (χ1v) is 7.66. The molecule has 0 aliphatic heterocycles. The van der Waals surface area contributed by atoms with E-state index in [0.29, 0.717) is 12.0 Å². The second-order valence-corrected chi connectivity index (χ2v) is 5.00. The van der Waals surface area contributed by atoms with Gasteiger partial charge >= 0.3 is 21.7 Å². The number of allylic oxidation sites excluding steroid dienone is 3. The molecule has 0 aromatic carbocycles. The zero-order chi connectivity index (χ0) is 15.8. The molecule has 1 rings (SSSR count). The summed E-state index contributed by atoms with van der Waals surface area (Å²) in [5.41, 5.74) is 1.53. The van der Waals surface area contributed by atoms with Gasteiger partial charge in [0, 0.05) is 0 Å². The van der Waals surface area contributed by atoms with Gasteiger partial charge in [-0.2, -0.15) is 27.2 Å². The van der Waals surface area contributed by atoms with Gasteiger partial charge in [-0.1, -0.05) is 58.4 Å². The van der Waals surface area contributed by atoms with Gasteiger partial charge in [0.25, 0.3) is 0 Å². The van der Waals surface area contributed by atoms with Crippen LogP contribution in [0.25, 0.3) is 16.0 Å². The van der Waals surface area contributed by atoms with Gasteiger partial charge in [-0.3, -0.25) is 0 Å². The average Bonchev–Trinajstić information content (AvgIpc) is 2.99. The summed E-state index contributed by atoms with van der Waals surface area (Å²) in [4.78, 5) is 0. The van der Waals surface area contributed by atoms with E-state index in [9.17, 15) is 0 Å². The predicted molar refractivity (Wildman–Crippen MR) is 100 cm³/mol. The molecular formula is C18H37N3Ti. The molecule has 0 saturated carbocycles. The van der Waals surface area contributed by atoms with Crippen molar-refractivity contribution in [3.05, 3.63) is 47.2 Å². The normalized spacial score (nSPS) is 12.8. The van der Waals surface area contributed by atoms with E-state index in [1.807, 2.05) is 13.8 Å². The first-order valence-electron chi connectivity index (χ1n) is 7.66. The summed E-state index contributed by atoms with van der Waals surface area (Å²) in [7, 11) is 3.61. The third-order valence-corrected chi connectivity index (χ3v) is 2.81. The molecule has 0 aromatic rings. The molecule has 128 valence electrons. The van der Waals surface area contributed by atoms with Gasteiger partial charge in [0.15, 0.2) is 0 Å². The quantitative estimate of drug-likeness (QED) is 0.435. The first kappa shape index (κ1) is 30.0. The summed E-state index contributed by atoms with van der Waals surface area (Å²) in [6.07, 6.45) is 7.71. The summed E-state index contributed by atoms with van der Waals surface area (Å²) in [5.74, 6) is 0.627. The van der Waals surface area contributed by atoms with E-state index in [-0.39, 0.29) is 29.1 Å². The maximum absolute atomic E-state index is 4.50. The Labute approximate surface area is 155 Å². The van der Waals surface area contributed by atoms with Crippen LogP contribution in [-0.4, -0.2) is 39.8 Å². The summed E-state index contributed by atoms with van der Waals surface area (Å²) < 4.78 is 0. The summed E-state index contributed by atoms with van der Waals surface area (Å²) >= 11 is 0. The van der Waals surface area contributed by atoms with Crippen LogP contribution in [0.1, 0.15) is 41.0 Å². The summed E-state index contributed by atoms with van der Waals surface area (Å²) in [6, 6.07) is 0.474. The van der Waals surface area contributed by atoms with Crippen LogP contribution >= 0.6 is 0 Å². The van der Waals surface area contributed by atoms with E-state index in [0.717, 1.165) is 26.1 Å². The number of rotatable bonds is 6. The molecule has 22 heavy (non-hydrogen) atoms. The molecule has 1 aliphatic rings. The minimum atomic E-state index is 0. The second kappa shape index (κ2) is 23.3. The standard InChI is InChI=1S/C11H18N.2C3H8N.CH3.Ti/c1-9(2)12-8-10(3)11-6-4-5-7-11;2*1-3-4-2;;/h4-6,9-10H,7-8H2,1-3H3;2*3H2,1-2H3;1H3;/q4*-1;+4. The fraction of sp³-hybridized carbons (Fsp3) is 0.722. The van der Waals surface area contributed by atoms with Gasteiger partial charge in [-0.25, -0.2) is 0 Å². The van der Waals surface area contributed by atoms with E-state index >= 15 is 0 Å². The minimum absolute atomic E-state index is 0. The second-order valence-electron chi connectivity index (χ2n) is 5.00. The Balaban J connectivity index is -0.000000138. The van der Waals surface area contributed by atoms with Crippen LogP contribution in [0.2, 0.25) is 0 Å². The molecule has 1 atom stereocenters. The number of hydrogen-bond donors (Lipinski definition) is 0. The molecule has 0 bridgehead atoms. The van der Waals surface area contributed by atoms with Gasteiger partial charge < -0.3 is 23.4 Å². The van der Waals surface area contributed by atoms with Crippen LogP contribution in [0.3, 0.4) is 0 Å². The molecule has 0 heterocycles. The van der Waals surface area contributed by atoms with E-state index in [1.54, 1.807) is 14.1 Å². The zero-order valence-electron chi connectivity index (χ0n) is 16.1. The molecule has 0 saturated heterocycles. The maximum Gasteiger partial charge on any atom is 4.00 e. The predicted octanol–water partition coefficient (Wildman–Crippen LogP) is 5.76. The Hall–Kier alpha value is 0.0743. The maximum atomic E-state index is 4.50. The molecular weight excluding hydrogens is 306 g/mol. The van der Waals surface area contributed by atoms with Crippen molar-refractivity contribution >= 4 is 0 Å². The van der Waals surface area contributed by atoms with Crippen LogP contribution in [0.4, 0.5) is 0 Å². The first-order chi connectivity index (χ1) is 9.53. The van der Waals surface area contributed by atoms with Gasteiger partial charge in [-0.15, -0.1) is 12.6 Å². The van der Waals surface area contributed by atoms with E-state index < -0.39 is 0 Å². The Morgan fingerprint density at radius 2 is 1.50 bits per heavy atom. The Morgan fingerprint density at radius 3 is 1.77 bits per heavy atom. The Kier molecular flexibility index (Phi) is 31.8. The SMILES string of the molecule is CC(C)[N-]CC(C)C1=CC=CC1.CC[N-]C.CC[N-]C.[CH3-].[Ti+4]. The van der Waals surface area contributed by atoms with Gasteiger partial charge in [0.1, 0.15) is 0 Å². The van der Waals surface area contributed by atoms with Crippen molar-refractivity contribution in [3.63, 3.8) is 0 Å². The Bertz CT molecular complexity index is 243. The number of hydrogen-bond acceptors (Lipinski definition) is 0. The third kappa shape index (κ3) is 22.4. The largest absolute Gasteiger partial charge is 4.00 e. The van der Waals surface area contributed by atoms with Crippen molar-refractivity contribution < 1.29 is 21.7 Å². The van der Waals surface area contributed by atoms with Gasteiger partial charge in [-0.05, 0) is 12.3 Å². The average molecular weight is 343 g/mol. The smallest absolute Gasteiger partial charge is 0.665 e. The minimum Gasteiger partial charge on any atom is -0.665 e. The number of nitrogens with zero attached hydrogens (tertiary/aromatic N) is 3. The zero-order valence-corrected chi connectivity index (χ0v) is 17.6. The van der Waals surface area contributed by atoms with E-state index in [4.69, 9.17) is 0 Å². The van der Waals surface area contributed by atoms with Crippen LogP contribution in [0, 0.1) is 13.3 Å². The topological polar surface area (TPSA) is 42.3 Å². The molecule has 1 aliphatic carbocycles. The molecule has 4 heteroatoms. The molecule has 0 radical (unpaired) electrons. The van der Waals surface area contributed by atoms with Crippen molar-refractivity contribution in [2.24, 2.45) is 5.92 Å². The molecule has 0 aromatic heterocycles. The van der Waals surface area contributed by atoms with Crippen molar-refractivity contribution in [1.29, 1.82) is 0 Å². The third-order valence-electron chi connectivity index (χ3n) is 2.81. The van der Waals surface area contributed by atoms with E-state index in [2.05, 4.69) is 54.9 Å². The molecule has 0 spiro atoms. The van der Waals surface area contributed by atoms with Crippen molar-refractivity contribution in [2.75, 3.05) is 33.7 Å². The van der Waals surface area contributed by atoms with E-state index in [1.165, 1.54) is 5.57 Å². The fourth-order valence-corrected chi connectivity index (χ4v) is 1.32. The van der Waals surface area contributed by atoms with Crippen molar-refractivity contribution in [2.45, 2.75) is 47.1 Å². The molecule has 0 N–H and O–H groups in total. The molecule has 0 amide bonds. The monoisotopic (exact) mass is 343 g/mol. The van der Waals surface area contributed by atoms with Crippen molar-refractivity contribution in [3.8, 4) is 0 Å². The van der Waals surface area contributed by atoms with Crippen LogP contribution in [-0.2, 0) is 21.7 Å².